The number of amides is 1. The molecule has 1 unspecified atom stereocenters. The molecule has 2 heterocycles. The Bertz CT molecular complexity index is 301. The summed E-state index contributed by atoms with van der Waals surface area (Å²) < 4.78 is 0. The van der Waals surface area contributed by atoms with Crippen LogP contribution in [-0.4, -0.2) is 22.8 Å². The molecule has 0 saturated carbocycles. The molecule has 5 heteroatoms. The smallest absolute Gasteiger partial charge is 0.229 e. The van der Waals surface area contributed by atoms with E-state index in [1.165, 1.54) is 11.3 Å². The van der Waals surface area contributed by atoms with Gasteiger partial charge in [-0.2, -0.15) is 0 Å². The molecule has 0 N–H and O–H groups in total. The normalized spacial score (nSPS) is 22.7. The minimum Gasteiger partial charge on any atom is -0.288 e. The van der Waals surface area contributed by atoms with Crippen LogP contribution < -0.4 is 4.90 Å². The molecule has 0 bridgehead atoms. The quantitative estimate of drug-likeness (QED) is 0.762. The summed E-state index contributed by atoms with van der Waals surface area (Å²) in [6, 6.07) is 0. The van der Waals surface area contributed by atoms with Gasteiger partial charge in [-0.25, -0.2) is 4.98 Å². The fourth-order valence-corrected chi connectivity index (χ4v) is 2.52. The van der Waals surface area contributed by atoms with Crippen molar-refractivity contribution in [3.63, 3.8) is 0 Å². The number of hydrogen-bond acceptors (Lipinski definition) is 3. The summed E-state index contributed by atoms with van der Waals surface area (Å²) in [5, 5.41) is 3.61. The number of aromatic nitrogens is 1. The minimum atomic E-state index is 0.194. The fraction of sp³-hybridized carbons (Fsp3) is 0.500. The predicted octanol–water partition coefficient (Wildman–Crippen LogP) is 1.89. The Morgan fingerprint density at radius 3 is 3.15 bits per heavy atom. The number of halogens is 1. The Morgan fingerprint density at radius 1 is 1.77 bits per heavy atom. The maximum Gasteiger partial charge on any atom is 0.229 e. The highest BCUT2D eigenvalue weighted by atomic mass is 79.9. The zero-order valence-electron chi connectivity index (χ0n) is 6.94. The Morgan fingerprint density at radius 2 is 2.62 bits per heavy atom. The number of carbonyl (C=O) groups is 1. The number of carbonyl (C=O) groups excluding carboxylic acids is 1. The molecule has 1 amide bonds. The summed E-state index contributed by atoms with van der Waals surface area (Å²) in [6.07, 6.45) is 2.37. The first kappa shape index (κ1) is 9.15. The van der Waals surface area contributed by atoms with Gasteiger partial charge >= 0.3 is 0 Å². The van der Waals surface area contributed by atoms with Gasteiger partial charge in [-0.15, -0.1) is 11.3 Å². The van der Waals surface area contributed by atoms with E-state index in [4.69, 9.17) is 0 Å². The molecular formula is C8H9BrN2OS. The first-order valence-corrected chi connectivity index (χ1v) is 6.07. The van der Waals surface area contributed by atoms with Crippen molar-refractivity contribution in [2.45, 2.75) is 6.42 Å². The lowest BCUT2D eigenvalue weighted by molar-refractivity contribution is -0.117. The SMILES string of the molecule is O=C1CC(CBr)CN1c1nccs1. The summed E-state index contributed by atoms with van der Waals surface area (Å²) in [7, 11) is 0. The van der Waals surface area contributed by atoms with Crippen molar-refractivity contribution in [2.24, 2.45) is 5.92 Å². The van der Waals surface area contributed by atoms with E-state index in [0.29, 0.717) is 12.3 Å². The summed E-state index contributed by atoms with van der Waals surface area (Å²) in [6.45, 7) is 0.803. The highest BCUT2D eigenvalue weighted by Gasteiger charge is 2.30. The van der Waals surface area contributed by atoms with Gasteiger partial charge < -0.3 is 0 Å². The number of rotatable bonds is 2. The van der Waals surface area contributed by atoms with Gasteiger partial charge in [-0.3, -0.25) is 9.69 Å². The zero-order valence-corrected chi connectivity index (χ0v) is 9.34. The van der Waals surface area contributed by atoms with Crippen LogP contribution in [0, 0.1) is 5.92 Å². The third-order valence-electron chi connectivity index (χ3n) is 2.07. The van der Waals surface area contributed by atoms with Crippen LogP contribution in [0.4, 0.5) is 5.13 Å². The molecule has 1 aliphatic heterocycles. The summed E-state index contributed by atoms with van der Waals surface area (Å²) in [5.41, 5.74) is 0. The van der Waals surface area contributed by atoms with E-state index in [-0.39, 0.29) is 5.91 Å². The van der Waals surface area contributed by atoms with Gasteiger partial charge in [-0.1, -0.05) is 15.9 Å². The average molecular weight is 261 g/mol. The van der Waals surface area contributed by atoms with Crippen molar-refractivity contribution in [1.82, 2.24) is 4.98 Å². The molecule has 1 aromatic heterocycles. The standard InChI is InChI=1S/C8H9BrN2OS/c9-4-6-3-7(12)11(5-6)8-10-1-2-13-8/h1-2,6H,3-5H2. The van der Waals surface area contributed by atoms with E-state index in [2.05, 4.69) is 20.9 Å². The largest absolute Gasteiger partial charge is 0.288 e. The minimum absolute atomic E-state index is 0.194. The first-order valence-electron chi connectivity index (χ1n) is 4.07. The Balaban J connectivity index is 2.14. The van der Waals surface area contributed by atoms with Crippen LogP contribution >= 0.6 is 27.3 Å². The predicted molar refractivity (Wildman–Crippen MR) is 56.4 cm³/mol. The van der Waals surface area contributed by atoms with Crippen molar-refractivity contribution < 1.29 is 4.79 Å². The van der Waals surface area contributed by atoms with Crippen LogP contribution in [0.5, 0.6) is 0 Å². The molecule has 1 saturated heterocycles. The Kier molecular flexibility index (Phi) is 2.64. The van der Waals surface area contributed by atoms with Gasteiger partial charge in [-0.05, 0) is 5.92 Å². The summed E-state index contributed by atoms with van der Waals surface area (Å²) >= 11 is 4.91. The van der Waals surface area contributed by atoms with Crippen LogP contribution in [-0.2, 0) is 4.79 Å². The highest BCUT2D eigenvalue weighted by molar-refractivity contribution is 9.09. The number of hydrogen-bond donors (Lipinski definition) is 0. The van der Waals surface area contributed by atoms with Crippen LogP contribution in [0.1, 0.15) is 6.42 Å². The van der Waals surface area contributed by atoms with Crippen LogP contribution in [0.15, 0.2) is 11.6 Å². The summed E-state index contributed by atoms with van der Waals surface area (Å²) in [4.78, 5) is 17.4. The van der Waals surface area contributed by atoms with E-state index in [0.717, 1.165) is 17.0 Å². The Hall–Kier alpha value is -0.420. The molecule has 2 rings (SSSR count). The molecule has 0 spiro atoms. The second kappa shape index (κ2) is 3.75. The molecule has 1 aromatic rings. The van der Waals surface area contributed by atoms with Gasteiger partial charge in [0.15, 0.2) is 5.13 Å². The van der Waals surface area contributed by atoms with Crippen molar-refractivity contribution in [3.8, 4) is 0 Å². The fourth-order valence-electron chi connectivity index (χ4n) is 1.42. The van der Waals surface area contributed by atoms with Gasteiger partial charge in [0.1, 0.15) is 0 Å². The monoisotopic (exact) mass is 260 g/mol. The van der Waals surface area contributed by atoms with Crippen molar-refractivity contribution in [3.05, 3.63) is 11.6 Å². The third-order valence-corrected chi connectivity index (χ3v) is 3.78. The molecular weight excluding hydrogens is 252 g/mol. The van der Waals surface area contributed by atoms with E-state index >= 15 is 0 Å². The van der Waals surface area contributed by atoms with E-state index in [1.54, 1.807) is 11.1 Å². The molecule has 0 radical (unpaired) electrons. The van der Waals surface area contributed by atoms with Crippen molar-refractivity contribution >= 4 is 38.3 Å². The molecule has 3 nitrogen and oxygen atoms in total. The molecule has 13 heavy (non-hydrogen) atoms. The molecule has 1 aliphatic rings. The van der Waals surface area contributed by atoms with Crippen LogP contribution in [0.2, 0.25) is 0 Å². The maximum atomic E-state index is 11.5. The second-order valence-electron chi connectivity index (χ2n) is 3.04. The highest BCUT2D eigenvalue weighted by Crippen LogP contribution is 2.27. The van der Waals surface area contributed by atoms with Gasteiger partial charge in [0.05, 0.1) is 0 Å². The zero-order chi connectivity index (χ0) is 9.26. The lowest BCUT2D eigenvalue weighted by atomic mass is 10.2. The van der Waals surface area contributed by atoms with Gasteiger partial charge in [0.25, 0.3) is 0 Å². The number of anilines is 1. The third kappa shape index (κ3) is 1.76. The maximum absolute atomic E-state index is 11.5. The number of thiazole rings is 1. The average Bonchev–Trinajstić information content (AvgIpc) is 2.72. The summed E-state index contributed by atoms with van der Waals surface area (Å²) in [5.74, 6) is 0.635. The molecule has 0 aromatic carbocycles. The second-order valence-corrected chi connectivity index (χ2v) is 4.56. The van der Waals surface area contributed by atoms with E-state index in [9.17, 15) is 4.79 Å². The van der Waals surface area contributed by atoms with Crippen molar-refractivity contribution in [1.29, 1.82) is 0 Å². The topological polar surface area (TPSA) is 33.2 Å². The lowest BCUT2D eigenvalue weighted by Crippen LogP contribution is -2.24. The molecule has 1 atom stereocenters. The first-order chi connectivity index (χ1) is 6.31. The number of alkyl halides is 1. The van der Waals surface area contributed by atoms with Crippen LogP contribution in [0.3, 0.4) is 0 Å². The Labute approximate surface area is 88.9 Å². The van der Waals surface area contributed by atoms with E-state index < -0.39 is 0 Å². The van der Waals surface area contributed by atoms with Crippen molar-refractivity contribution in [2.75, 3.05) is 16.8 Å². The molecule has 0 aliphatic carbocycles. The lowest BCUT2D eigenvalue weighted by Gasteiger charge is -2.11. The number of nitrogens with zero attached hydrogens (tertiary/aromatic N) is 2. The van der Waals surface area contributed by atoms with Gasteiger partial charge in [0.2, 0.25) is 5.91 Å². The molecule has 70 valence electrons. The van der Waals surface area contributed by atoms with Gasteiger partial charge in [0, 0.05) is 29.9 Å². The van der Waals surface area contributed by atoms with E-state index in [1.807, 2.05) is 5.38 Å². The van der Waals surface area contributed by atoms with Crippen LogP contribution in [0.25, 0.3) is 0 Å². The molecule has 1 fully saturated rings.